The van der Waals surface area contributed by atoms with Crippen molar-refractivity contribution in [1.29, 1.82) is 0 Å². The third kappa shape index (κ3) is 3.12. The van der Waals surface area contributed by atoms with E-state index in [0.29, 0.717) is 18.2 Å². The summed E-state index contributed by atoms with van der Waals surface area (Å²) in [4.78, 5) is 7.42. The molecule has 0 amide bonds. The zero-order valence-corrected chi connectivity index (χ0v) is 10.7. The van der Waals surface area contributed by atoms with E-state index in [9.17, 15) is 17.6 Å². The predicted octanol–water partition coefficient (Wildman–Crippen LogP) is 2.97. The number of nitrogens with one attached hydrogen (secondary N) is 1. The maximum atomic E-state index is 13.6. The van der Waals surface area contributed by atoms with Crippen LogP contribution in [-0.2, 0) is 6.18 Å². The molecule has 0 aliphatic carbocycles. The van der Waals surface area contributed by atoms with Gasteiger partial charge in [0.05, 0.1) is 18.4 Å². The van der Waals surface area contributed by atoms with Crippen LogP contribution in [-0.4, -0.2) is 17.1 Å². The first kappa shape index (κ1) is 14.8. The van der Waals surface area contributed by atoms with Crippen LogP contribution in [0, 0.1) is 5.82 Å². The van der Waals surface area contributed by atoms with E-state index in [1.807, 2.05) is 0 Å². The smallest absolute Gasteiger partial charge is 0.416 e. The van der Waals surface area contributed by atoms with Crippen LogP contribution in [0.4, 0.5) is 34.9 Å². The van der Waals surface area contributed by atoms with Crippen molar-refractivity contribution in [2.75, 3.05) is 18.2 Å². The monoisotopic (exact) mass is 302 g/mol. The van der Waals surface area contributed by atoms with Gasteiger partial charge in [0.1, 0.15) is 12.1 Å². The van der Waals surface area contributed by atoms with Gasteiger partial charge in [-0.15, -0.1) is 0 Å². The predicted molar refractivity (Wildman–Crippen MR) is 67.7 cm³/mol. The minimum atomic E-state index is -4.58. The summed E-state index contributed by atoms with van der Waals surface area (Å²) in [6, 6.07) is 1.99. The first-order chi connectivity index (χ1) is 9.82. The quantitative estimate of drug-likeness (QED) is 0.853. The average Bonchev–Trinajstić information content (AvgIpc) is 2.40. The molecule has 0 saturated heterocycles. The van der Waals surface area contributed by atoms with Gasteiger partial charge in [0, 0.05) is 0 Å². The number of rotatable bonds is 3. The Morgan fingerprint density at radius 3 is 2.57 bits per heavy atom. The summed E-state index contributed by atoms with van der Waals surface area (Å²) in [5.41, 5.74) is 4.14. The molecule has 0 radical (unpaired) electrons. The van der Waals surface area contributed by atoms with Gasteiger partial charge in [-0.1, -0.05) is 0 Å². The third-order valence-corrected chi connectivity index (χ3v) is 2.58. The van der Waals surface area contributed by atoms with Crippen LogP contribution in [0.3, 0.4) is 0 Å². The van der Waals surface area contributed by atoms with Crippen LogP contribution in [0.5, 0.6) is 5.75 Å². The Hall–Kier alpha value is -2.58. The van der Waals surface area contributed by atoms with Crippen molar-refractivity contribution in [3.63, 3.8) is 0 Å². The first-order valence-electron chi connectivity index (χ1n) is 5.61. The molecular formula is C12H10F4N4O. The van der Waals surface area contributed by atoms with E-state index >= 15 is 0 Å². The molecule has 2 rings (SSSR count). The first-order valence-corrected chi connectivity index (χ1v) is 5.61. The van der Waals surface area contributed by atoms with Gasteiger partial charge in [-0.2, -0.15) is 13.2 Å². The number of alkyl halides is 3. The molecule has 1 aromatic heterocycles. The van der Waals surface area contributed by atoms with Crippen LogP contribution >= 0.6 is 0 Å². The van der Waals surface area contributed by atoms with Gasteiger partial charge in [0.25, 0.3) is 0 Å². The second-order valence-corrected chi connectivity index (χ2v) is 3.96. The van der Waals surface area contributed by atoms with E-state index in [2.05, 4.69) is 15.3 Å². The molecule has 5 nitrogen and oxygen atoms in total. The summed E-state index contributed by atoms with van der Waals surface area (Å²) in [5.74, 6) is -0.929. The highest BCUT2D eigenvalue weighted by molar-refractivity contribution is 5.68. The van der Waals surface area contributed by atoms with Gasteiger partial charge in [0.2, 0.25) is 5.75 Å². The molecular weight excluding hydrogens is 292 g/mol. The maximum absolute atomic E-state index is 13.6. The van der Waals surface area contributed by atoms with Crippen molar-refractivity contribution in [3.05, 3.63) is 35.9 Å². The molecule has 0 saturated carbocycles. The standard InChI is InChI=1S/C12H10F4N4O/c1-21-9-10(17)18-5-19-11(9)20-8-4-6(12(14,15)16)2-3-7(8)13/h2-5H,1H3,(H3,17,18,19,20). The van der Waals surface area contributed by atoms with Crippen LogP contribution < -0.4 is 15.8 Å². The molecule has 2 aromatic rings. The average molecular weight is 302 g/mol. The summed E-state index contributed by atoms with van der Waals surface area (Å²) in [6.45, 7) is 0. The molecule has 3 N–H and O–H groups in total. The Kier molecular flexibility index (Phi) is 3.83. The van der Waals surface area contributed by atoms with Crippen molar-refractivity contribution in [1.82, 2.24) is 9.97 Å². The number of halogens is 4. The number of nitrogens with zero attached hydrogens (tertiary/aromatic N) is 2. The number of methoxy groups -OCH3 is 1. The van der Waals surface area contributed by atoms with Crippen molar-refractivity contribution < 1.29 is 22.3 Å². The Morgan fingerprint density at radius 2 is 1.95 bits per heavy atom. The zero-order valence-electron chi connectivity index (χ0n) is 10.7. The largest absolute Gasteiger partial charge is 0.490 e. The molecule has 1 aromatic carbocycles. The highest BCUT2D eigenvalue weighted by atomic mass is 19.4. The van der Waals surface area contributed by atoms with Gasteiger partial charge in [-0.3, -0.25) is 0 Å². The van der Waals surface area contributed by atoms with Crippen LogP contribution in [0.25, 0.3) is 0 Å². The van der Waals surface area contributed by atoms with Crippen LogP contribution in [0.15, 0.2) is 24.5 Å². The fourth-order valence-electron chi connectivity index (χ4n) is 1.60. The van der Waals surface area contributed by atoms with Crippen LogP contribution in [0.1, 0.15) is 5.56 Å². The molecule has 0 fully saturated rings. The number of aromatic nitrogens is 2. The Balaban J connectivity index is 2.42. The Morgan fingerprint density at radius 1 is 1.24 bits per heavy atom. The summed E-state index contributed by atoms with van der Waals surface area (Å²) in [5, 5.41) is 2.41. The minimum absolute atomic E-state index is 0.00862. The summed E-state index contributed by atoms with van der Waals surface area (Å²) in [6.07, 6.45) is -3.51. The lowest BCUT2D eigenvalue weighted by atomic mass is 10.2. The lowest BCUT2D eigenvalue weighted by Crippen LogP contribution is -2.08. The highest BCUT2D eigenvalue weighted by Gasteiger charge is 2.31. The molecule has 0 aliphatic rings. The van der Waals surface area contributed by atoms with Crippen molar-refractivity contribution in [2.45, 2.75) is 6.18 Å². The van der Waals surface area contributed by atoms with Gasteiger partial charge in [-0.05, 0) is 18.2 Å². The SMILES string of the molecule is COc1c(N)ncnc1Nc1cc(C(F)(F)F)ccc1F. The van der Waals surface area contributed by atoms with Crippen molar-refractivity contribution in [3.8, 4) is 5.75 Å². The number of nitrogen functional groups attached to an aromatic ring is 1. The van der Waals surface area contributed by atoms with Crippen LogP contribution in [0.2, 0.25) is 0 Å². The second kappa shape index (κ2) is 5.43. The molecule has 9 heteroatoms. The number of hydrogen-bond acceptors (Lipinski definition) is 5. The third-order valence-electron chi connectivity index (χ3n) is 2.58. The van der Waals surface area contributed by atoms with E-state index < -0.39 is 23.2 Å². The molecule has 0 atom stereocenters. The molecule has 0 spiro atoms. The van der Waals surface area contributed by atoms with Gasteiger partial charge in [0.15, 0.2) is 11.6 Å². The molecule has 21 heavy (non-hydrogen) atoms. The number of ether oxygens (including phenoxy) is 1. The van der Waals surface area contributed by atoms with E-state index in [1.54, 1.807) is 0 Å². The molecule has 1 heterocycles. The van der Waals surface area contributed by atoms with Gasteiger partial charge < -0.3 is 15.8 Å². The van der Waals surface area contributed by atoms with Gasteiger partial charge in [-0.25, -0.2) is 14.4 Å². The Bertz CT molecular complexity index is 660. The minimum Gasteiger partial charge on any atom is -0.490 e. The zero-order chi connectivity index (χ0) is 15.6. The fraction of sp³-hybridized carbons (Fsp3) is 0.167. The van der Waals surface area contributed by atoms with E-state index in [1.165, 1.54) is 7.11 Å². The van der Waals surface area contributed by atoms with Gasteiger partial charge >= 0.3 is 6.18 Å². The number of anilines is 3. The number of nitrogens with two attached hydrogens (primary N) is 1. The fourth-order valence-corrected chi connectivity index (χ4v) is 1.60. The molecule has 0 bridgehead atoms. The number of hydrogen-bond donors (Lipinski definition) is 2. The topological polar surface area (TPSA) is 73.1 Å². The summed E-state index contributed by atoms with van der Waals surface area (Å²) >= 11 is 0. The summed E-state index contributed by atoms with van der Waals surface area (Å²) < 4.78 is 56.4. The lowest BCUT2D eigenvalue weighted by Gasteiger charge is -2.13. The van der Waals surface area contributed by atoms with Crippen molar-refractivity contribution >= 4 is 17.3 Å². The second-order valence-electron chi connectivity index (χ2n) is 3.96. The number of benzene rings is 1. The molecule has 112 valence electrons. The van der Waals surface area contributed by atoms with Crippen molar-refractivity contribution in [2.24, 2.45) is 0 Å². The normalized spacial score (nSPS) is 11.3. The van der Waals surface area contributed by atoms with E-state index in [0.717, 1.165) is 6.33 Å². The Labute approximate surface area is 116 Å². The maximum Gasteiger partial charge on any atom is 0.416 e. The molecule has 0 unspecified atom stereocenters. The highest BCUT2D eigenvalue weighted by Crippen LogP contribution is 2.34. The summed E-state index contributed by atoms with van der Waals surface area (Å²) in [7, 11) is 1.28. The lowest BCUT2D eigenvalue weighted by molar-refractivity contribution is -0.137. The van der Waals surface area contributed by atoms with E-state index in [4.69, 9.17) is 10.5 Å². The van der Waals surface area contributed by atoms with E-state index in [-0.39, 0.29) is 17.4 Å². The molecule has 0 aliphatic heterocycles.